The van der Waals surface area contributed by atoms with Crippen LogP contribution >= 0.6 is 0 Å². The first-order valence-corrected chi connectivity index (χ1v) is 11.5. The molecule has 3 N–H and O–H groups in total. The van der Waals surface area contributed by atoms with Gasteiger partial charge in [-0.1, -0.05) is 24.3 Å². The highest BCUT2D eigenvalue weighted by atomic mass is 16.5. The Kier molecular flexibility index (Phi) is 8.79. The molecular formula is C28H34N2O4. The standard InChI is InChI=1S/C28H34N2O4/c1-18-12-25(33-17-24(32)15-31)13-19(2)28(18)26-7-5-6-23(21(26)4)16-34-27-11-10-22(14-30-27)9-8-20(3)29/h5-7,10-14,24,29,31-32H,8-9,15-17H2,1-4H3/t24-/m1/s1. The Morgan fingerprint density at radius 2 is 1.79 bits per heavy atom. The van der Waals surface area contributed by atoms with Crippen LogP contribution in [0.2, 0.25) is 0 Å². The number of aryl methyl sites for hydroxylation is 3. The lowest BCUT2D eigenvalue weighted by atomic mass is 9.90. The van der Waals surface area contributed by atoms with Crippen LogP contribution in [-0.4, -0.2) is 40.2 Å². The van der Waals surface area contributed by atoms with Crippen LogP contribution in [0.4, 0.5) is 0 Å². The lowest BCUT2D eigenvalue weighted by molar-refractivity contribution is 0.0536. The van der Waals surface area contributed by atoms with Crippen LogP contribution in [0.15, 0.2) is 48.7 Å². The summed E-state index contributed by atoms with van der Waals surface area (Å²) < 4.78 is 11.6. The van der Waals surface area contributed by atoms with Gasteiger partial charge in [-0.05, 0) is 91.6 Å². The van der Waals surface area contributed by atoms with Gasteiger partial charge in [-0.2, -0.15) is 0 Å². The molecule has 1 aromatic heterocycles. The molecule has 6 nitrogen and oxygen atoms in total. The SMILES string of the molecule is CC(=N)CCc1ccc(OCc2cccc(-c3c(C)cc(OC[C@H](O)CO)cc3C)c2C)nc1. The first kappa shape index (κ1) is 25.4. The van der Waals surface area contributed by atoms with Gasteiger partial charge in [0.15, 0.2) is 0 Å². The molecule has 0 bridgehead atoms. The van der Waals surface area contributed by atoms with Crippen LogP contribution in [0, 0.1) is 26.2 Å². The number of nitrogens with zero attached hydrogens (tertiary/aromatic N) is 1. The highest BCUT2D eigenvalue weighted by Crippen LogP contribution is 2.34. The summed E-state index contributed by atoms with van der Waals surface area (Å²) in [5, 5.41) is 26.1. The van der Waals surface area contributed by atoms with Crippen molar-refractivity contribution in [2.75, 3.05) is 13.2 Å². The molecule has 180 valence electrons. The maximum Gasteiger partial charge on any atom is 0.213 e. The van der Waals surface area contributed by atoms with E-state index in [4.69, 9.17) is 20.0 Å². The molecular weight excluding hydrogens is 428 g/mol. The van der Waals surface area contributed by atoms with Crippen LogP contribution < -0.4 is 9.47 Å². The molecule has 0 radical (unpaired) electrons. The van der Waals surface area contributed by atoms with Crippen molar-refractivity contribution in [3.8, 4) is 22.8 Å². The second kappa shape index (κ2) is 11.8. The van der Waals surface area contributed by atoms with Crippen LogP contribution in [-0.2, 0) is 13.0 Å². The van der Waals surface area contributed by atoms with Crippen molar-refractivity contribution in [1.29, 1.82) is 5.41 Å². The van der Waals surface area contributed by atoms with E-state index in [0.717, 1.165) is 51.8 Å². The molecule has 0 saturated carbocycles. The van der Waals surface area contributed by atoms with E-state index < -0.39 is 6.10 Å². The van der Waals surface area contributed by atoms with E-state index in [1.54, 1.807) is 0 Å². The molecule has 0 aliphatic carbocycles. The molecule has 3 rings (SSSR count). The number of benzene rings is 2. The van der Waals surface area contributed by atoms with Crippen LogP contribution in [0.1, 0.15) is 41.2 Å². The quantitative estimate of drug-likeness (QED) is 0.350. The lowest BCUT2D eigenvalue weighted by Crippen LogP contribution is -2.21. The van der Waals surface area contributed by atoms with Crippen LogP contribution in [0.3, 0.4) is 0 Å². The van der Waals surface area contributed by atoms with Gasteiger partial charge in [0.2, 0.25) is 5.88 Å². The highest BCUT2D eigenvalue weighted by Gasteiger charge is 2.14. The lowest BCUT2D eigenvalue weighted by Gasteiger charge is -2.18. The predicted molar refractivity (Wildman–Crippen MR) is 135 cm³/mol. The third-order valence-electron chi connectivity index (χ3n) is 5.84. The molecule has 34 heavy (non-hydrogen) atoms. The maximum absolute atomic E-state index is 9.55. The minimum absolute atomic E-state index is 0.0535. The van der Waals surface area contributed by atoms with E-state index in [-0.39, 0.29) is 13.2 Å². The predicted octanol–water partition coefficient (Wildman–Crippen LogP) is 4.96. The maximum atomic E-state index is 9.55. The zero-order valence-electron chi connectivity index (χ0n) is 20.4. The average Bonchev–Trinajstić information content (AvgIpc) is 2.81. The summed E-state index contributed by atoms with van der Waals surface area (Å²) in [5.74, 6) is 1.26. The Morgan fingerprint density at radius 1 is 1.06 bits per heavy atom. The number of nitrogens with one attached hydrogen (secondary N) is 1. The first-order chi connectivity index (χ1) is 16.3. The fourth-order valence-corrected chi connectivity index (χ4v) is 3.92. The van der Waals surface area contributed by atoms with Crippen LogP contribution in [0.25, 0.3) is 11.1 Å². The summed E-state index contributed by atoms with van der Waals surface area (Å²) >= 11 is 0. The monoisotopic (exact) mass is 462 g/mol. The number of hydrogen-bond acceptors (Lipinski definition) is 6. The molecule has 6 heteroatoms. The third-order valence-corrected chi connectivity index (χ3v) is 5.84. The second-order valence-electron chi connectivity index (χ2n) is 8.74. The van der Waals surface area contributed by atoms with Crippen molar-refractivity contribution in [2.24, 2.45) is 0 Å². The van der Waals surface area contributed by atoms with Gasteiger partial charge < -0.3 is 25.1 Å². The molecule has 3 aromatic rings. The van der Waals surface area contributed by atoms with Gasteiger partial charge in [-0.15, -0.1) is 0 Å². The van der Waals surface area contributed by atoms with Crippen molar-refractivity contribution in [3.63, 3.8) is 0 Å². The largest absolute Gasteiger partial charge is 0.491 e. The number of aromatic nitrogens is 1. The van der Waals surface area contributed by atoms with Gasteiger partial charge in [0, 0.05) is 18.0 Å². The molecule has 0 fully saturated rings. The van der Waals surface area contributed by atoms with Gasteiger partial charge >= 0.3 is 0 Å². The normalized spacial score (nSPS) is 11.8. The number of pyridine rings is 1. The molecule has 1 atom stereocenters. The number of aliphatic hydroxyl groups excluding tert-OH is 2. The van der Waals surface area contributed by atoms with Gasteiger partial charge in [0.05, 0.1) is 6.61 Å². The van der Waals surface area contributed by atoms with E-state index >= 15 is 0 Å². The number of ether oxygens (including phenoxy) is 2. The summed E-state index contributed by atoms with van der Waals surface area (Å²) in [6.45, 7) is 8.16. The van der Waals surface area contributed by atoms with E-state index in [0.29, 0.717) is 23.9 Å². The zero-order chi connectivity index (χ0) is 24.7. The second-order valence-corrected chi connectivity index (χ2v) is 8.74. The summed E-state index contributed by atoms with van der Waals surface area (Å²) in [5.41, 5.74) is 8.45. The van der Waals surface area contributed by atoms with Gasteiger partial charge in [-0.3, -0.25) is 0 Å². The van der Waals surface area contributed by atoms with Gasteiger partial charge in [0.1, 0.15) is 25.1 Å². The first-order valence-electron chi connectivity index (χ1n) is 11.5. The van der Waals surface area contributed by atoms with Crippen molar-refractivity contribution >= 4 is 5.71 Å². The molecule has 2 aromatic carbocycles. The van der Waals surface area contributed by atoms with Crippen LogP contribution in [0.5, 0.6) is 11.6 Å². The zero-order valence-corrected chi connectivity index (χ0v) is 20.4. The summed E-state index contributed by atoms with van der Waals surface area (Å²) in [6.07, 6.45) is 2.48. The Labute approximate surface area is 201 Å². The summed E-state index contributed by atoms with van der Waals surface area (Å²) in [4.78, 5) is 4.42. The fraction of sp³-hybridized carbons (Fsp3) is 0.357. The molecule has 0 spiro atoms. The number of rotatable bonds is 11. The molecule has 0 amide bonds. The van der Waals surface area contributed by atoms with E-state index in [1.165, 1.54) is 0 Å². The Hall–Kier alpha value is -3.22. The average molecular weight is 463 g/mol. The smallest absolute Gasteiger partial charge is 0.213 e. The minimum Gasteiger partial charge on any atom is -0.491 e. The van der Waals surface area contributed by atoms with E-state index in [9.17, 15) is 5.11 Å². The molecule has 0 aliphatic rings. The molecule has 0 saturated heterocycles. The minimum atomic E-state index is -0.893. The Bertz CT molecular complexity index is 1100. The highest BCUT2D eigenvalue weighted by molar-refractivity contribution is 5.78. The van der Waals surface area contributed by atoms with Crippen molar-refractivity contribution in [1.82, 2.24) is 4.98 Å². The van der Waals surface area contributed by atoms with Crippen molar-refractivity contribution < 1.29 is 19.7 Å². The van der Waals surface area contributed by atoms with Gasteiger partial charge in [0.25, 0.3) is 0 Å². The Balaban J connectivity index is 1.74. The van der Waals surface area contributed by atoms with Gasteiger partial charge in [-0.25, -0.2) is 4.98 Å². The summed E-state index contributed by atoms with van der Waals surface area (Å²) in [7, 11) is 0. The third kappa shape index (κ3) is 6.65. The number of aliphatic hydroxyl groups is 2. The fourth-order valence-electron chi connectivity index (χ4n) is 3.92. The topological polar surface area (TPSA) is 95.7 Å². The molecule has 0 aliphatic heterocycles. The molecule has 0 unspecified atom stereocenters. The van der Waals surface area contributed by atoms with E-state index in [1.807, 2.05) is 57.3 Å². The summed E-state index contributed by atoms with van der Waals surface area (Å²) in [6, 6.07) is 14.0. The van der Waals surface area contributed by atoms with Crippen molar-refractivity contribution in [3.05, 3.63) is 76.5 Å². The van der Waals surface area contributed by atoms with Crippen molar-refractivity contribution in [2.45, 2.75) is 53.2 Å². The number of hydrogen-bond donors (Lipinski definition) is 3. The van der Waals surface area contributed by atoms with E-state index in [2.05, 4.69) is 24.0 Å². The Morgan fingerprint density at radius 3 is 2.41 bits per heavy atom. The molecule has 1 heterocycles.